The molecule has 0 unspecified atom stereocenters. The van der Waals surface area contributed by atoms with Gasteiger partial charge in [-0.1, -0.05) is 30.7 Å². The number of carboxylic acid groups (broad SMARTS) is 1. The van der Waals surface area contributed by atoms with Gasteiger partial charge in [0, 0.05) is 17.8 Å². The van der Waals surface area contributed by atoms with E-state index in [9.17, 15) is 28.3 Å². The molecule has 2 heterocycles. The number of aromatic nitrogens is 4. The van der Waals surface area contributed by atoms with Gasteiger partial charge < -0.3 is 14.6 Å². The van der Waals surface area contributed by atoms with Gasteiger partial charge in [0.25, 0.3) is 5.88 Å². The summed E-state index contributed by atoms with van der Waals surface area (Å²) in [7, 11) is 0. The van der Waals surface area contributed by atoms with E-state index in [2.05, 4.69) is 19.7 Å². The number of pyridine rings is 1. The van der Waals surface area contributed by atoms with Crippen molar-refractivity contribution in [3.63, 3.8) is 0 Å². The van der Waals surface area contributed by atoms with Crippen LogP contribution >= 0.6 is 11.6 Å². The van der Waals surface area contributed by atoms with E-state index in [0.29, 0.717) is 16.3 Å². The lowest BCUT2D eigenvalue weighted by molar-refractivity contribution is -0.141. The first-order valence-electron chi connectivity index (χ1n) is 11.7. The van der Waals surface area contributed by atoms with Gasteiger partial charge in [0.2, 0.25) is 5.62 Å². The number of alkyl halides is 2. The topological polar surface area (TPSA) is 141 Å². The standard InChI is InChI=1S/C26H22ClF2N5O6/c1-15(22(35)36)13-34-25(37)32-24(33(26(34)38)14-16-4-6-17(27)7-5-16)31-18-8-10-19(11-9-18)39-21-20(40-23(28)29)3-2-12-30-21/h2-12,15,23H,13-14H2,1H3,(H,35,36)(H,31,32,37)/t15-/m0/s1. The molecule has 0 amide bonds. The molecule has 2 aromatic carbocycles. The van der Waals surface area contributed by atoms with E-state index in [4.69, 9.17) is 16.3 Å². The highest BCUT2D eigenvalue weighted by atomic mass is 35.5. The van der Waals surface area contributed by atoms with E-state index in [0.717, 1.165) is 4.57 Å². The summed E-state index contributed by atoms with van der Waals surface area (Å²) in [6, 6.07) is 15.4. The van der Waals surface area contributed by atoms with Crippen LogP contribution in [-0.2, 0) is 17.9 Å². The summed E-state index contributed by atoms with van der Waals surface area (Å²) >= 11 is 5.96. The maximum Gasteiger partial charge on any atom is 0.387 e. The molecule has 0 aliphatic rings. The molecule has 0 bridgehead atoms. The molecular formula is C26H22ClF2N5O6. The molecule has 4 rings (SSSR count). The number of rotatable bonds is 10. The van der Waals surface area contributed by atoms with Crippen LogP contribution in [0.3, 0.4) is 0 Å². The monoisotopic (exact) mass is 573 g/mol. The Balaban J connectivity index is 1.71. The Morgan fingerprint density at radius 1 is 1.10 bits per heavy atom. The molecule has 40 heavy (non-hydrogen) atoms. The number of halogens is 3. The fraction of sp³-hybridized carbons (Fsp3) is 0.192. The fourth-order valence-corrected chi connectivity index (χ4v) is 3.66. The van der Waals surface area contributed by atoms with Crippen LogP contribution in [0.15, 0.2) is 81.4 Å². The van der Waals surface area contributed by atoms with Crippen LogP contribution in [0, 0.1) is 5.92 Å². The zero-order chi connectivity index (χ0) is 28.8. The summed E-state index contributed by atoms with van der Waals surface area (Å²) in [4.78, 5) is 48.3. The van der Waals surface area contributed by atoms with Gasteiger partial charge in [-0.25, -0.2) is 24.1 Å². The first-order chi connectivity index (χ1) is 19.1. The number of nitrogens with one attached hydrogen (secondary N) is 1. The average molecular weight is 574 g/mol. The molecule has 2 N–H and O–H groups in total. The number of hydrogen-bond acceptors (Lipinski definition) is 7. The van der Waals surface area contributed by atoms with Crippen LogP contribution in [0.25, 0.3) is 0 Å². The molecule has 0 radical (unpaired) electrons. The summed E-state index contributed by atoms with van der Waals surface area (Å²) in [6.07, 6.45) is 1.35. The van der Waals surface area contributed by atoms with Crippen molar-refractivity contribution < 1.29 is 28.2 Å². The van der Waals surface area contributed by atoms with Crippen molar-refractivity contribution in [2.45, 2.75) is 26.6 Å². The van der Waals surface area contributed by atoms with E-state index >= 15 is 0 Å². The van der Waals surface area contributed by atoms with Crippen molar-refractivity contribution in [2.24, 2.45) is 10.9 Å². The van der Waals surface area contributed by atoms with Gasteiger partial charge in [-0.05, 0) is 54.1 Å². The number of hydrogen-bond donors (Lipinski definition) is 2. The Bertz CT molecular complexity index is 1680. The van der Waals surface area contributed by atoms with Crippen LogP contribution in [0.2, 0.25) is 5.02 Å². The van der Waals surface area contributed by atoms with Crippen molar-refractivity contribution in [3.8, 4) is 17.4 Å². The van der Waals surface area contributed by atoms with E-state index in [-0.39, 0.29) is 36.1 Å². The second kappa shape index (κ2) is 12.4. The molecule has 0 aliphatic heterocycles. The second-order valence-electron chi connectivity index (χ2n) is 8.49. The minimum absolute atomic E-state index is 0.000846. The third-order valence-corrected chi connectivity index (χ3v) is 5.80. The maximum atomic E-state index is 13.3. The largest absolute Gasteiger partial charge is 0.481 e. The molecule has 0 fully saturated rings. The van der Waals surface area contributed by atoms with Crippen molar-refractivity contribution in [1.82, 2.24) is 19.1 Å². The van der Waals surface area contributed by atoms with Gasteiger partial charge in [-0.2, -0.15) is 8.78 Å². The highest BCUT2D eigenvalue weighted by Gasteiger charge is 2.17. The molecule has 1 atom stereocenters. The molecule has 0 saturated carbocycles. The Morgan fingerprint density at radius 2 is 1.80 bits per heavy atom. The van der Waals surface area contributed by atoms with E-state index in [1.807, 2.05) is 0 Å². The fourth-order valence-electron chi connectivity index (χ4n) is 3.53. The number of aromatic amines is 1. The molecule has 208 valence electrons. The van der Waals surface area contributed by atoms with Gasteiger partial charge in [0.15, 0.2) is 5.75 Å². The van der Waals surface area contributed by atoms with E-state index in [1.54, 1.807) is 24.3 Å². The number of ether oxygens (including phenoxy) is 2. The highest BCUT2D eigenvalue weighted by molar-refractivity contribution is 6.30. The molecule has 14 heteroatoms. The first-order valence-corrected chi connectivity index (χ1v) is 12.1. The van der Waals surface area contributed by atoms with Crippen LogP contribution in [0.4, 0.5) is 14.5 Å². The van der Waals surface area contributed by atoms with Gasteiger partial charge >= 0.3 is 24.0 Å². The van der Waals surface area contributed by atoms with Crippen molar-refractivity contribution in [2.75, 3.05) is 0 Å². The Labute approximate surface area is 229 Å². The number of nitrogens with zero attached hydrogens (tertiary/aromatic N) is 4. The lowest BCUT2D eigenvalue weighted by Gasteiger charge is -2.13. The predicted molar refractivity (Wildman–Crippen MR) is 139 cm³/mol. The summed E-state index contributed by atoms with van der Waals surface area (Å²) < 4.78 is 37.3. The highest BCUT2D eigenvalue weighted by Crippen LogP contribution is 2.30. The van der Waals surface area contributed by atoms with E-state index < -0.39 is 29.9 Å². The summed E-state index contributed by atoms with van der Waals surface area (Å²) in [6.45, 7) is -2.02. The van der Waals surface area contributed by atoms with E-state index in [1.165, 1.54) is 54.1 Å². The lowest BCUT2D eigenvalue weighted by atomic mass is 10.2. The van der Waals surface area contributed by atoms with Crippen LogP contribution < -0.4 is 26.5 Å². The molecular weight excluding hydrogens is 552 g/mol. The van der Waals surface area contributed by atoms with Crippen LogP contribution in [-0.4, -0.2) is 36.8 Å². The predicted octanol–water partition coefficient (Wildman–Crippen LogP) is 3.78. The van der Waals surface area contributed by atoms with Crippen molar-refractivity contribution >= 4 is 23.3 Å². The van der Waals surface area contributed by atoms with Gasteiger partial charge in [0.05, 0.1) is 18.2 Å². The SMILES string of the molecule is C[C@@H](Cn1c(=O)[nH]/c(=N\c2ccc(Oc3ncccc3OC(F)F)cc2)n(Cc2ccc(Cl)cc2)c1=O)C(=O)O. The number of carbonyl (C=O) groups is 1. The second-order valence-corrected chi connectivity index (χ2v) is 8.93. The Morgan fingerprint density at radius 3 is 2.45 bits per heavy atom. The Hall–Kier alpha value is -4.78. The lowest BCUT2D eigenvalue weighted by Crippen LogP contribution is -2.51. The van der Waals surface area contributed by atoms with Crippen LogP contribution in [0.5, 0.6) is 17.4 Å². The smallest absolute Gasteiger partial charge is 0.387 e. The van der Waals surface area contributed by atoms with Gasteiger partial charge in [0.1, 0.15) is 5.75 Å². The third-order valence-electron chi connectivity index (χ3n) is 5.55. The summed E-state index contributed by atoms with van der Waals surface area (Å²) in [5.41, 5.74) is -0.684. The van der Waals surface area contributed by atoms with Gasteiger partial charge in [-0.15, -0.1) is 0 Å². The molecule has 11 nitrogen and oxygen atoms in total. The summed E-state index contributed by atoms with van der Waals surface area (Å²) in [5.74, 6) is -2.34. The number of H-pyrrole nitrogens is 1. The molecule has 0 aliphatic carbocycles. The minimum atomic E-state index is -3.06. The molecule has 0 spiro atoms. The minimum Gasteiger partial charge on any atom is -0.481 e. The third kappa shape index (κ3) is 6.99. The van der Waals surface area contributed by atoms with Crippen LogP contribution in [0.1, 0.15) is 12.5 Å². The average Bonchev–Trinajstić information content (AvgIpc) is 2.91. The quantitative estimate of drug-likeness (QED) is 0.294. The summed E-state index contributed by atoms with van der Waals surface area (Å²) in [5, 5.41) is 9.75. The zero-order valence-electron chi connectivity index (χ0n) is 20.8. The Kier molecular flexibility index (Phi) is 8.74. The molecule has 4 aromatic rings. The first kappa shape index (κ1) is 28.2. The number of benzene rings is 2. The van der Waals surface area contributed by atoms with Crippen molar-refractivity contribution in [1.29, 1.82) is 0 Å². The van der Waals surface area contributed by atoms with Crippen molar-refractivity contribution in [3.05, 3.63) is 104 Å². The molecule has 2 aromatic heterocycles. The van der Waals surface area contributed by atoms with Gasteiger partial charge in [-0.3, -0.25) is 14.3 Å². The maximum absolute atomic E-state index is 13.3. The molecule has 0 saturated heterocycles. The zero-order valence-corrected chi connectivity index (χ0v) is 21.6. The number of aliphatic carboxylic acids is 1. The normalized spacial score (nSPS) is 12.4. The number of carboxylic acids is 1.